The largest absolute Gasteiger partial charge is 0.433 e. The van der Waals surface area contributed by atoms with Gasteiger partial charge in [-0.15, -0.1) is 11.3 Å². The fraction of sp³-hybridized carbons (Fsp3) is 0.381. The molecule has 10 heteroatoms. The van der Waals surface area contributed by atoms with Gasteiger partial charge in [-0.3, -0.25) is 0 Å². The highest BCUT2D eigenvalue weighted by molar-refractivity contribution is 7.15. The minimum atomic E-state index is -4.53. The molecule has 1 saturated heterocycles. The summed E-state index contributed by atoms with van der Waals surface area (Å²) in [4.78, 5) is 12.8. The summed E-state index contributed by atoms with van der Waals surface area (Å²) >= 11 is 1.50. The molecule has 3 heterocycles. The second-order valence-corrected chi connectivity index (χ2v) is 8.56. The molecule has 2 aromatic heterocycles. The number of aliphatic hydroxyl groups is 1. The van der Waals surface area contributed by atoms with Crippen molar-refractivity contribution >= 4 is 23.0 Å². The molecule has 3 aromatic rings. The van der Waals surface area contributed by atoms with Crippen molar-refractivity contribution in [1.29, 1.82) is 0 Å². The van der Waals surface area contributed by atoms with E-state index in [-0.39, 0.29) is 11.9 Å². The SMILES string of the molecule is OC(Cc1ncc(-c2cccc(Nc3nccc(C(F)(F)F)n3)c2)s1)C1CCNCC1. The quantitative estimate of drug-likeness (QED) is 0.522. The number of piperidine rings is 1. The molecule has 1 aliphatic heterocycles. The van der Waals surface area contributed by atoms with Crippen molar-refractivity contribution in [3.05, 3.63) is 53.4 Å². The third-order valence-corrected chi connectivity index (χ3v) is 6.28. The van der Waals surface area contributed by atoms with Crippen molar-refractivity contribution < 1.29 is 18.3 Å². The second-order valence-electron chi connectivity index (χ2n) is 7.45. The van der Waals surface area contributed by atoms with Crippen LogP contribution in [0, 0.1) is 5.92 Å². The van der Waals surface area contributed by atoms with Crippen molar-refractivity contribution in [3.63, 3.8) is 0 Å². The predicted molar refractivity (Wildman–Crippen MR) is 113 cm³/mol. The summed E-state index contributed by atoms with van der Waals surface area (Å²) in [6.07, 6.45) is 0.340. The van der Waals surface area contributed by atoms with Crippen LogP contribution < -0.4 is 10.6 Å². The normalized spacial score (nSPS) is 16.3. The number of aliphatic hydroxyl groups excluding tert-OH is 1. The lowest BCUT2D eigenvalue weighted by molar-refractivity contribution is -0.141. The molecule has 0 bridgehead atoms. The third kappa shape index (κ3) is 5.57. The maximum atomic E-state index is 12.9. The number of benzene rings is 1. The zero-order chi connectivity index (χ0) is 21.8. The molecule has 0 aliphatic carbocycles. The lowest BCUT2D eigenvalue weighted by Gasteiger charge is -2.26. The number of nitrogens with zero attached hydrogens (tertiary/aromatic N) is 3. The summed E-state index contributed by atoms with van der Waals surface area (Å²) in [7, 11) is 0. The van der Waals surface area contributed by atoms with Crippen LogP contribution >= 0.6 is 11.3 Å². The van der Waals surface area contributed by atoms with Gasteiger partial charge in [0.05, 0.1) is 16.0 Å². The van der Waals surface area contributed by atoms with Crippen molar-refractivity contribution in [1.82, 2.24) is 20.3 Å². The Morgan fingerprint density at radius 3 is 2.77 bits per heavy atom. The molecular formula is C21H22F3N5OS. The molecule has 31 heavy (non-hydrogen) atoms. The molecule has 0 spiro atoms. The molecule has 0 radical (unpaired) electrons. The summed E-state index contributed by atoms with van der Waals surface area (Å²) in [5.41, 5.74) is 0.444. The summed E-state index contributed by atoms with van der Waals surface area (Å²) < 4.78 is 38.6. The number of thiazole rings is 1. The van der Waals surface area contributed by atoms with E-state index in [9.17, 15) is 18.3 Å². The van der Waals surface area contributed by atoms with Crippen LogP contribution in [0.1, 0.15) is 23.5 Å². The van der Waals surface area contributed by atoms with Gasteiger partial charge in [0, 0.05) is 24.5 Å². The molecule has 1 aromatic carbocycles. The predicted octanol–water partition coefficient (Wildman–Crippen LogP) is 4.27. The van der Waals surface area contributed by atoms with E-state index in [0.717, 1.165) is 53.6 Å². The van der Waals surface area contributed by atoms with Gasteiger partial charge >= 0.3 is 6.18 Å². The van der Waals surface area contributed by atoms with Crippen LogP contribution in [0.5, 0.6) is 0 Å². The van der Waals surface area contributed by atoms with Crippen LogP contribution in [0.4, 0.5) is 24.8 Å². The minimum Gasteiger partial charge on any atom is -0.392 e. The Kier molecular flexibility index (Phi) is 6.49. The summed E-state index contributed by atoms with van der Waals surface area (Å²) in [6, 6.07) is 8.08. The van der Waals surface area contributed by atoms with Crippen molar-refractivity contribution in [2.24, 2.45) is 5.92 Å². The highest BCUT2D eigenvalue weighted by atomic mass is 32.1. The Balaban J connectivity index is 1.45. The van der Waals surface area contributed by atoms with Gasteiger partial charge in [0.15, 0.2) is 0 Å². The lowest BCUT2D eigenvalue weighted by atomic mass is 9.91. The minimum absolute atomic E-state index is 0.123. The highest BCUT2D eigenvalue weighted by Crippen LogP contribution is 2.31. The number of alkyl halides is 3. The van der Waals surface area contributed by atoms with E-state index in [2.05, 4.69) is 25.6 Å². The van der Waals surface area contributed by atoms with E-state index in [1.165, 1.54) is 11.3 Å². The first-order valence-corrected chi connectivity index (χ1v) is 10.8. The molecule has 1 unspecified atom stereocenters. The van der Waals surface area contributed by atoms with Crippen molar-refractivity contribution in [2.45, 2.75) is 31.5 Å². The maximum Gasteiger partial charge on any atom is 0.433 e. The zero-order valence-electron chi connectivity index (χ0n) is 16.6. The van der Waals surface area contributed by atoms with Crippen molar-refractivity contribution in [2.75, 3.05) is 18.4 Å². The van der Waals surface area contributed by atoms with Gasteiger partial charge in [0.25, 0.3) is 0 Å². The summed E-state index contributed by atoms with van der Waals surface area (Å²) in [6.45, 7) is 1.86. The number of hydrogen-bond acceptors (Lipinski definition) is 7. The Morgan fingerprint density at radius 1 is 1.19 bits per heavy atom. The van der Waals surface area contributed by atoms with Gasteiger partial charge in [0.1, 0.15) is 5.69 Å². The van der Waals surface area contributed by atoms with E-state index >= 15 is 0 Å². The van der Waals surface area contributed by atoms with Gasteiger partial charge in [-0.05, 0) is 55.6 Å². The molecule has 0 amide bonds. The number of nitrogens with one attached hydrogen (secondary N) is 2. The first-order valence-electron chi connectivity index (χ1n) is 10.00. The van der Waals surface area contributed by atoms with Gasteiger partial charge < -0.3 is 15.7 Å². The number of anilines is 2. The summed E-state index contributed by atoms with van der Waals surface area (Å²) in [5.74, 6) is 0.163. The first kappa shape index (κ1) is 21.7. The molecule has 6 nitrogen and oxygen atoms in total. The monoisotopic (exact) mass is 449 g/mol. The number of hydrogen-bond donors (Lipinski definition) is 3. The fourth-order valence-corrected chi connectivity index (χ4v) is 4.53. The smallest absolute Gasteiger partial charge is 0.392 e. The summed E-state index contributed by atoms with van der Waals surface area (Å²) in [5, 5.41) is 17.5. The Hall–Kier alpha value is -2.56. The van der Waals surface area contributed by atoms with Crippen LogP contribution in [0.3, 0.4) is 0 Å². The van der Waals surface area contributed by atoms with Crippen LogP contribution in [0.15, 0.2) is 42.7 Å². The van der Waals surface area contributed by atoms with Gasteiger partial charge in [-0.1, -0.05) is 12.1 Å². The van der Waals surface area contributed by atoms with Crippen LogP contribution in [0.25, 0.3) is 10.4 Å². The average Bonchev–Trinajstić information content (AvgIpc) is 3.23. The third-order valence-electron chi connectivity index (χ3n) is 5.21. The molecule has 4 rings (SSSR count). The fourth-order valence-electron chi connectivity index (χ4n) is 3.57. The second kappa shape index (κ2) is 9.29. The first-order chi connectivity index (χ1) is 14.9. The topological polar surface area (TPSA) is 83.0 Å². The van der Waals surface area contributed by atoms with E-state index in [4.69, 9.17) is 0 Å². The Bertz CT molecular complexity index is 1020. The molecule has 1 fully saturated rings. The lowest BCUT2D eigenvalue weighted by Crippen LogP contribution is -2.34. The number of aromatic nitrogens is 3. The van der Waals surface area contributed by atoms with E-state index < -0.39 is 18.0 Å². The van der Waals surface area contributed by atoms with E-state index in [1.54, 1.807) is 18.3 Å². The maximum absolute atomic E-state index is 12.9. The zero-order valence-corrected chi connectivity index (χ0v) is 17.4. The van der Waals surface area contributed by atoms with Crippen LogP contribution in [0.2, 0.25) is 0 Å². The molecule has 1 atom stereocenters. The van der Waals surface area contributed by atoms with Crippen molar-refractivity contribution in [3.8, 4) is 10.4 Å². The number of halogens is 3. The van der Waals surface area contributed by atoms with Crippen LogP contribution in [-0.2, 0) is 12.6 Å². The average molecular weight is 450 g/mol. The van der Waals surface area contributed by atoms with Gasteiger partial charge in [-0.25, -0.2) is 15.0 Å². The Labute approximate surface area is 181 Å². The van der Waals surface area contributed by atoms with E-state index in [0.29, 0.717) is 12.1 Å². The molecule has 164 valence electrons. The molecule has 3 N–H and O–H groups in total. The van der Waals surface area contributed by atoms with Crippen LogP contribution in [-0.4, -0.2) is 39.3 Å². The number of rotatable bonds is 6. The molecular weight excluding hydrogens is 427 g/mol. The highest BCUT2D eigenvalue weighted by Gasteiger charge is 2.32. The Morgan fingerprint density at radius 2 is 2.00 bits per heavy atom. The van der Waals surface area contributed by atoms with E-state index in [1.807, 2.05) is 12.1 Å². The molecule has 0 saturated carbocycles. The molecule has 1 aliphatic rings. The standard InChI is InChI=1S/C21H22F3N5OS/c22-21(23,24)18-6-9-26-20(29-18)28-15-3-1-2-14(10-15)17-12-27-19(31-17)11-16(30)13-4-7-25-8-5-13/h1-3,6,9-10,12-13,16,25,30H,4-5,7-8,11H2,(H,26,28,29). The van der Waals surface area contributed by atoms with Gasteiger partial charge in [0.2, 0.25) is 5.95 Å². The van der Waals surface area contributed by atoms with Gasteiger partial charge in [-0.2, -0.15) is 13.2 Å².